The third-order valence-electron chi connectivity index (χ3n) is 2.45. The van der Waals surface area contributed by atoms with Crippen LogP contribution in [0, 0.1) is 0 Å². The van der Waals surface area contributed by atoms with Crippen LogP contribution in [0.3, 0.4) is 0 Å². The molecule has 2 atom stereocenters. The highest BCUT2D eigenvalue weighted by Crippen LogP contribution is 2.37. The molecule has 2 heterocycles. The van der Waals surface area contributed by atoms with Crippen LogP contribution in [0.25, 0.3) is 0 Å². The first-order valence-corrected chi connectivity index (χ1v) is 5.27. The molecule has 0 bridgehead atoms. The van der Waals surface area contributed by atoms with Crippen LogP contribution in [0.4, 0.5) is 0 Å². The molecule has 0 spiro atoms. The molecule has 2 aliphatic rings. The number of hydrogen-bond acceptors (Lipinski definition) is 5. The Kier molecular flexibility index (Phi) is 2.90. The monoisotopic (exact) mass is 228 g/mol. The standard InChI is InChI=1S/C11H16O5/c1-11(2)15-7(4-5-9(12)13-3)10(16-11)8-6-14-8/h4,8,10H,5-6H2,1-3H3/b7-4-/t8-,10+/m1/s1. The zero-order chi connectivity index (χ0) is 11.8. The van der Waals surface area contributed by atoms with Crippen molar-refractivity contribution in [2.75, 3.05) is 13.7 Å². The predicted molar refractivity (Wildman–Crippen MR) is 54.5 cm³/mol. The molecule has 0 aromatic heterocycles. The van der Waals surface area contributed by atoms with Crippen molar-refractivity contribution < 1.29 is 23.7 Å². The van der Waals surface area contributed by atoms with Crippen molar-refractivity contribution >= 4 is 5.97 Å². The van der Waals surface area contributed by atoms with Gasteiger partial charge in [0.2, 0.25) is 5.79 Å². The average molecular weight is 228 g/mol. The fraction of sp³-hybridized carbons (Fsp3) is 0.727. The SMILES string of the molecule is COC(=O)C/C=C1\OC(C)(C)O[C@@H]1[C@H]1CO1. The van der Waals surface area contributed by atoms with Gasteiger partial charge in [-0.2, -0.15) is 0 Å². The van der Waals surface area contributed by atoms with Crippen molar-refractivity contribution in [3.8, 4) is 0 Å². The number of esters is 1. The number of rotatable bonds is 3. The fourth-order valence-electron chi connectivity index (χ4n) is 1.64. The molecular weight excluding hydrogens is 212 g/mol. The predicted octanol–water partition coefficient (Wildman–Crippen LogP) is 0.984. The largest absolute Gasteiger partial charge is 0.469 e. The summed E-state index contributed by atoms with van der Waals surface area (Å²) in [5.41, 5.74) is 0. The van der Waals surface area contributed by atoms with Gasteiger partial charge in [-0.3, -0.25) is 4.79 Å². The van der Waals surface area contributed by atoms with E-state index in [4.69, 9.17) is 14.2 Å². The molecule has 0 aromatic carbocycles. The Morgan fingerprint density at radius 2 is 2.31 bits per heavy atom. The minimum Gasteiger partial charge on any atom is -0.469 e. The van der Waals surface area contributed by atoms with E-state index in [0.717, 1.165) is 0 Å². The van der Waals surface area contributed by atoms with E-state index in [0.29, 0.717) is 12.4 Å². The maximum absolute atomic E-state index is 11.0. The summed E-state index contributed by atoms with van der Waals surface area (Å²) in [7, 11) is 1.36. The Bertz CT molecular complexity index is 316. The van der Waals surface area contributed by atoms with Gasteiger partial charge in [-0.05, 0) is 6.08 Å². The normalized spacial score (nSPS) is 33.6. The van der Waals surface area contributed by atoms with Crippen LogP contribution in [0.2, 0.25) is 0 Å². The van der Waals surface area contributed by atoms with Gasteiger partial charge in [0.05, 0.1) is 20.1 Å². The molecule has 2 rings (SSSR count). The first kappa shape index (κ1) is 11.4. The average Bonchev–Trinajstić information content (AvgIpc) is 3.00. The van der Waals surface area contributed by atoms with E-state index in [2.05, 4.69) is 4.74 Å². The van der Waals surface area contributed by atoms with Crippen LogP contribution in [0.5, 0.6) is 0 Å². The van der Waals surface area contributed by atoms with Crippen LogP contribution < -0.4 is 0 Å². The second-order valence-corrected chi connectivity index (χ2v) is 4.30. The van der Waals surface area contributed by atoms with Crippen molar-refractivity contribution in [3.05, 3.63) is 11.8 Å². The zero-order valence-electron chi connectivity index (χ0n) is 9.69. The minimum absolute atomic E-state index is 0.0608. The molecule has 2 aliphatic heterocycles. The molecule has 0 unspecified atom stereocenters. The van der Waals surface area contributed by atoms with Gasteiger partial charge in [0, 0.05) is 13.8 Å². The quantitative estimate of drug-likeness (QED) is 0.532. The first-order chi connectivity index (χ1) is 7.52. The molecule has 5 nitrogen and oxygen atoms in total. The van der Waals surface area contributed by atoms with Crippen molar-refractivity contribution in [1.29, 1.82) is 0 Å². The summed E-state index contributed by atoms with van der Waals surface area (Å²) in [6, 6.07) is 0. The number of ether oxygens (including phenoxy) is 4. The zero-order valence-corrected chi connectivity index (χ0v) is 9.69. The van der Waals surface area contributed by atoms with Crippen LogP contribution in [0.15, 0.2) is 11.8 Å². The number of carbonyl (C=O) groups is 1. The van der Waals surface area contributed by atoms with Gasteiger partial charge < -0.3 is 18.9 Å². The van der Waals surface area contributed by atoms with E-state index in [1.807, 2.05) is 13.8 Å². The molecule has 5 heteroatoms. The summed E-state index contributed by atoms with van der Waals surface area (Å²) in [6.07, 6.45) is 1.76. The highest BCUT2D eigenvalue weighted by Gasteiger charge is 2.47. The summed E-state index contributed by atoms with van der Waals surface area (Å²) in [5, 5.41) is 0. The van der Waals surface area contributed by atoms with E-state index >= 15 is 0 Å². The highest BCUT2D eigenvalue weighted by molar-refractivity contribution is 5.71. The lowest BCUT2D eigenvalue weighted by atomic mass is 10.2. The maximum atomic E-state index is 11.0. The summed E-state index contributed by atoms with van der Waals surface area (Å²) in [4.78, 5) is 11.0. The van der Waals surface area contributed by atoms with Crippen molar-refractivity contribution in [1.82, 2.24) is 0 Å². The van der Waals surface area contributed by atoms with Gasteiger partial charge in [0.15, 0.2) is 0 Å². The Balaban J connectivity index is 2.03. The Morgan fingerprint density at radius 1 is 1.62 bits per heavy atom. The van der Waals surface area contributed by atoms with Crippen molar-refractivity contribution in [2.45, 2.75) is 38.3 Å². The smallest absolute Gasteiger partial charge is 0.309 e. The highest BCUT2D eigenvalue weighted by atomic mass is 16.8. The van der Waals surface area contributed by atoms with E-state index in [-0.39, 0.29) is 24.6 Å². The molecule has 0 aliphatic carbocycles. The summed E-state index contributed by atoms with van der Waals surface area (Å²) >= 11 is 0. The Labute approximate surface area is 94.3 Å². The number of carbonyl (C=O) groups excluding carboxylic acids is 1. The van der Waals surface area contributed by atoms with Gasteiger partial charge in [-0.1, -0.05) is 0 Å². The lowest BCUT2D eigenvalue weighted by Crippen LogP contribution is -2.23. The third-order valence-corrected chi connectivity index (χ3v) is 2.45. The van der Waals surface area contributed by atoms with Crippen LogP contribution in [-0.4, -0.2) is 37.7 Å². The van der Waals surface area contributed by atoms with Gasteiger partial charge in [-0.15, -0.1) is 0 Å². The second kappa shape index (κ2) is 4.07. The molecule has 0 radical (unpaired) electrons. The number of hydrogen-bond donors (Lipinski definition) is 0. The minimum atomic E-state index is -0.654. The van der Waals surface area contributed by atoms with Gasteiger partial charge >= 0.3 is 5.97 Å². The van der Waals surface area contributed by atoms with Gasteiger partial charge in [-0.25, -0.2) is 0 Å². The Morgan fingerprint density at radius 3 is 2.88 bits per heavy atom. The van der Waals surface area contributed by atoms with E-state index in [9.17, 15) is 4.79 Å². The van der Waals surface area contributed by atoms with Crippen LogP contribution in [0.1, 0.15) is 20.3 Å². The lowest BCUT2D eigenvalue weighted by molar-refractivity contribution is -0.140. The van der Waals surface area contributed by atoms with Gasteiger partial charge in [0.1, 0.15) is 18.0 Å². The van der Waals surface area contributed by atoms with E-state index < -0.39 is 5.79 Å². The molecule has 2 saturated heterocycles. The number of epoxide rings is 1. The summed E-state index contributed by atoms with van der Waals surface area (Å²) in [5.74, 6) is -0.285. The number of methoxy groups -OCH3 is 1. The van der Waals surface area contributed by atoms with Crippen LogP contribution >= 0.6 is 0 Å². The molecular formula is C11H16O5. The molecule has 2 fully saturated rings. The molecule has 0 aromatic rings. The first-order valence-electron chi connectivity index (χ1n) is 5.27. The molecule has 16 heavy (non-hydrogen) atoms. The fourth-order valence-corrected chi connectivity index (χ4v) is 1.64. The molecule has 0 saturated carbocycles. The second-order valence-electron chi connectivity index (χ2n) is 4.30. The molecule has 0 N–H and O–H groups in total. The topological polar surface area (TPSA) is 57.3 Å². The lowest BCUT2D eigenvalue weighted by Gasteiger charge is -2.15. The molecule has 90 valence electrons. The maximum Gasteiger partial charge on any atom is 0.309 e. The molecule has 0 amide bonds. The summed E-state index contributed by atoms with van der Waals surface area (Å²) < 4.78 is 21.0. The van der Waals surface area contributed by atoms with Gasteiger partial charge in [0.25, 0.3) is 0 Å². The van der Waals surface area contributed by atoms with Crippen LogP contribution in [-0.2, 0) is 23.7 Å². The van der Waals surface area contributed by atoms with Crippen molar-refractivity contribution in [2.24, 2.45) is 0 Å². The Hall–Kier alpha value is -1.07. The van der Waals surface area contributed by atoms with E-state index in [1.54, 1.807) is 6.08 Å². The third kappa shape index (κ3) is 2.54. The van der Waals surface area contributed by atoms with Crippen molar-refractivity contribution in [3.63, 3.8) is 0 Å². The summed E-state index contributed by atoms with van der Waals surface area (Å²) in [6.45, 7) is 4.35. The van der Waals surface area contributed by atoms with E-state index in [1.165, 1.54) is 7.11 Å².